The number of unbranched alkanes of at least 4 members (excludes halogenated alkanes) is 1. The molecule has 0 saturated carbocycles. The SMILES string of the molecule is COCCCCNC(=O)Nc1ccc(Cl)c(C(=O)O)c1. The number of anilines is 1. The van der Waals surface area contributed by atoms with Crippen LogP contribution in [0.4, 0.5) is 10.5 Å². The topological polar surface area (TPSA) is 87.7 Å². The molecule has 0 spiro atoms. The van der Waals surface area contributed by atoms with Crippen LogP contribution in [0.3, 0.4) is 0 Å². The molecule has 0 aromatic heterocycles. The highest BCUT2D eigenvalue weighted by Crippen LogP contribution is 2.20. The van der Waals surface area contributed by atoms with Crippen molar-refractivity contribution in [3.05, 3.63) is 28.8 Å². The summed E-state index contributed by atoms with van der Waals surface area (Å²) >= 11 is 5.74. The number of halogens is 1. The maximum atomic E-state index is 11.6. The van der Waals surface area contributed by atoms with Gasteiger partial charge < -0.3 is 20.5 Å². The van der Waals surface area contributed by atoms with Gasteiger partial charge in [-0.1, -0.05) is 11.6 Å². The van der Waals surface area contributed by atoms with Crippen LogP contribution in [0.1, 0.15) is 23.2 Å². The minimum atomic E-state index is -1.14. The Morgan fingerprint density at radius 2 is 2.10 bits per heavy atom. The predicted octanol–water partition coefficient (Wildman–Crippen LogP) is 2.59. The van der Waals surface area contributed by atoms with E-state index in [1.807, 2.05) is 0 Å². The quantitative estimate of drug-likeness (QED) is 0.675. The summed E-state index contributed by atoms with van der Waals surface area (Å²) in [6, 6.07) is 3.90. The molecule has 20 heavy (non-hydrogen) atoms. The molecule has 0 saturated heterocycles. The van der Waals surface area contributed by atoms with Gasteiger partial charge in [0.25, 0.3) is 0 Å². The van der Waals surface area contributed by atoms with E-state index >= 15 is 0 Å². The highest BCUT2D eigenvalue weighted by molar-refractivity contribution is 6.33. The van der Waals surface area contributed by atoms with E-state index in [4.69, 9.17) is 21.4 Å². The molecule has 1 aromatic rings. The van der Waals surface area contributed by atoms with Gasteiger partial charge in [0.15, 0.2) is 0 Å². The van der Waals surface area contributed by atoms with Crippen LogP contribution in [0.2, 0.25) is 5.02 Å². The average Bonchev–Trinajstić information content (AvgIpc) is 2.40. The van der Waals surface area contributed by atoms with E-state index in [1.165, 1.54) is 12.1 Å². The second-order valence-corrected chi connectivity index (χ2v) is 4.49. The third-order valence-electron chi connectivity index (χ3n) is 2.52. The van der Waals surface area contributed by atoms with E-state index in [-0.39, 0.29) is 16.6 Å². The van der Waals surface area contributed by atoms with E-state index < -0.39 is 5.97 Å². The van der Waals surface area contributed by atoms with Crippen LogP contribution >= 0.6 is 11.6 Å². The van der Waals surface area contributed by atoms with Gasteiger partial charge in [-0.3, -0.25) is 0 Å². The van der Waals surface area contributed by atoms with Gasteiger partial charge in [-0.25, -0.2) is 9.59 Å². The molecule has 0 aliphatic carbocycles. The molecule has 2 amide bonds. The lowest BCUT2D eigenvalue weighted by atomic mass is 10.2. The minimum Gasteiger partial charge on any atom is -0.478 e. The number of methoxy groups -OCH3 is 1. The van der Waals surface area contributed by atoms with E-state index in [9.17, 15) is 9.59 Å². The molecule has 3 N–H and O–H groups in total. The van der Waals surface area contributed by atoms with Crippen LogP contribution in [-0.4, -0.2) is 37.4 Å². The number of benzene rings is 1. The number of carboxylic acids is 1. The highest BCUT2D eigenvalue weighted by Gasteiger charge is 2.10. The number of carbonyl (C=O) groups excluding carboxylic acids is 1. The molecule has 0 heterocycles. The van der Waals surface area contributed by atoms with Gasteiger partial charge in [-0.05, 0) is 31.0 Å². The number of hydrogen-bond acceptors (Lipinski definition) is 3. The Morgan fingerprint density at radius 3 is 2.75 bits per heavy atom. The normalized spacial score (nSPS) is 10.1. The van der Waals surface area contributed by atoms with Gasteiger partial charge >= 0.3 is 12.0 Å². The number of rotatable bonds is 7. The minimum absolute atomic E-state index is 0.0513. The van der Waals surface area contributed by atoms with Gasteiger partial charge in [0.2, 0.25) is 0 Å². The smallest absolute Gasteiger partial charge is 0.337 e. The number of carboxylic acid groups (broad SMARTS) is 1. The fourth-order valence-corrected chi connectivity index (χ4v) is 1.71. The maximum Gasteiger partial charge on any atom is 0.337 e. The Hall–Kier alpha value is -1.79. The van der Waals surface area contributed by atoms with Crippen molar-refractivity contribution in [2.24, 2.45) is 0 Å². The molecule has 0 aliphatic rings. The molecule has 7 heteroatoms. The van der Waals surface area contributed by atoms with Crippen LogP contribution in [0.25, 0.3) is 0 Å². The van der Waals surface area contributed by atoms with Crippen molar-refractivity contribution in [1.29, 1.82) is 0 Å². The summed E-state index contributed by atoms with van der Waals surface area (Å²) in [7, 11) is 1.63. The van der Waals surface area contributed by atoms with E-state index in [1.54, 1.807) is 13.2 Å². The zero-order valence-electron chi connectivity index (χ0n) is 11.1. The first-order valence-corrected chi connectivity index (χ1v) is 6.49. The summed E-state index contributed by atoms with van der Waals surface area (Å²) in [4.78, 5) is 22.5. The lowest BCUT2D eigenvalue weighted by Gasteiger charge is -2.08. The van der Waals surface area contributed by atoms with Crippen molar-refractivity contribution in [3.8, 4) is 0 Å². The third kappa shape index (κ3) is 5.46. The Labute approximate surface area is 122 Å². The molecular weight excluding hydrogens is 284 g/mol. The van der Waals surface area contributed by atoms with Crippen LogP contribution in [0.5, 0.6) is 0 Å². The zero-order valence-corrected chi connectivity index (χ0v) is 11.9. The lowest BCUT2D eigenvalue weighted by molar-refractivity contribution is 0.0697. The molecule has 6 nitrogen and oxygen atoms in total. The molecule has 1 aromatic carbocycles. The van der Waals surface area contributed by atoms with Gasteiger partial charge in [0.05, 0.1) is 10.6 Å². The Balaban J connectivity index is 2.46. The van der Waals surface area contributed by atoms with Gasteiger partial charge in [0, 0.05) is 25.9 Å². The number of urea groups is 1. The standard InChI is InChI=1S/C13H17ClN2O4/c1-20-7-3-2-6-15-13(19)16-9-4-5-11(14)10(8-9)12(17)18/h4-5,8H,2-3,6-7H2,1H3,(H,17,18)(H2,15,16,19). The van der Waals surface area contributed by atoms with Crippen molar-refractivity contribution in [1.82, 2.24) is 5.32 Å². The van der Waals surface area contributed by atoms with Gasteiger partial charge in [-0.15, -0.1) is 0 Å². The van der Waals surface area contributed by atoms with E-state index in [0.717, 1.165) is 12.8 Å². The summed E-state index contributed by atoms with van der Waals surface area (Å²) in [5.74, 6) is -1.14. The molecule has 0 fully saturated rings. The second-order valence-electron chi connectivity index (χ2n) is 4.08. The van der Waals surface area contributed by atoms with E-state index in [0.29, 0.717) is 18.8 Å². The van der Waals surface area contributed by atoms with Gasteiger partial charge in [0.1, 0.15) is 0 Å². The number of nitrogens with one attached hydrogen (secondary N) is 2. The maximum absolute atomic E-state index is 11.6. The number of aromatic carboxylic acids is 1. The monoisotopic (exact) mass is 300 g/mol. The molecule has 0 unspecified atom stereocenters. The molecule has 0 radical (unpaired) electrons. The second kappa shape index (κ2) is 8.39. The highest BCUT2D eigenvalue weighted by atomic mass is 35.5. The van der Waals surface area contributed by atoms with Crippen LogP contribution in [0, 0.1) is 0 Å². The van der Waals surface area contributed by atoms with Crippen LogP contribution in [-0.2, 0) is 4.74 Å². The molecule has 0 bridgehead atoms. The Morgan fingerprint density at radius 1 is 1.35 bits per heavy atom. The first-order valence-electron chi connectivity index (χ1n) is 6.11. The fourth-order valence-electron chi connectivity index (χ4n) is 1.52. The molecule has 0 aliphatic heterocycles. The van der Waals surface area contributed by atoms with Crippen molar-refractivity contribution in [3.63, 3.8) is 0 Å². The van der Waals surface area contributed by atoms with Crippen molar-refractivity contribution >= 4 is 29.3 Å². The number of hydrogen-bond donors (Lipinski definition) is 3. The van der Waals surface area contributed by atoms with Crippen LogP contribution < -0.4 is 10.6 Å². The largest absolute Gasteiger partial charge is 0.478 e. The summed E-state index contributed by atoms with van der Waals surface area (Å²) in [5.41, 5.74) is 0.325. The third-order valence-corrected chi connectivity index (χ3v) is 2.85. The number of amides is 2. The van der Waals surface area contributed by atoms with Crippen molar-refractivity contribution in [2.45, 2.75) is 12.8 Å². The zero-order chi connectivity index (χ0) is 15.0. The Kier molecular flexibility index (Phi) is 6.83. The first kappa shape index (κ1) is 16.3. The summed E-state index contributed by atoms with van der Waals surface area (Å²) < 4.78 is 4.89. The van der Waals surface area contributed by atoms with Crippen molar-refractivity contribution in [2.75, 3.05) is 25.6 Å². The molecular formula is C13H17ClN2O4. The number of ether oxygens (including phenoxy) is 1. The molecule has 1 rings (SSSR count). The van der Waals surface area contributed by atoms with Crippen molar-refractivity contribution < 1.29 is 19.4 Å². The Bertz CT molecular complexity index is 479. The average molecular weight is 301 g/mol. The van der Waals surface area contributed by atoms with Gasteiger partial charge in [-0.2, -0.15) is 0 Å². The van der Waals surface area contributed by atoms with Crippen LogP contribution in [0.15, 0.2) is 18.2 Å². The molecule has 110 valence electrons. The summed E-state index contributed by atoms with van der Waals surface area (Å²) in [6.45, 7) is 1.18. The molecule has 0 atom stereocenters. The first-order chi connectivity index (χ1) is 9.54. The summed E-state index contributed by atoms with van der Waals surface area (Å²) in [5, 5.41) is 14.3. The fraction of sp³-hybridized carbons (Fsp3) is 0.385. The number of carbonyl (C=O) groups is 2. The summed E-state index contributed by atoms with van der Waals surface area (Å²) in [6.07, 6.45) is 1.67. The lowest BCUT2D eigenvalue weighted by Crippen LogP contribution is -2.29. The van der Waals surface area contributed by atoms with E-state index in [2.05, 4.69) is 10.6 Å². The predicted molar refractivity (Wildman–Crippen MR) is 76.5 cm³/mol.